The molecule has 0 unspecified atom stereocenters. The number of para-hydroxylation sites is 1. The summed E-state index contributed by atoms with van der Waals surface area (Å²) in [5.41, 5.74) is 0.991. The molecule has 0 aliphatic heterocycles. The molecule has 0 spiro atoms. The maximum absolute atomic E-state index is 8.08. The molecule has 5 nitrogen and oxygen atoms in total. The van der Waals surface area contributed by atoms with Crippen molar-refractivity contribution >= 4 is 23.1 Å². The van der Waals surface area contributed by atoms with E-state index in [0.29, 0.717) is 28.8 Å². The number of amidine groups is 1. The number of nitrogens with two attached hydrogens (primary N) is 1. The van der Waals surface area contributed by atoms with Crippen LogP contribution in [0.15, 0.2) is 42.6 Å². The zero-order valence-corrected chi connectivity index (χ0v) is 11.8. The standard InChI is InChI=1S/C14H15ClN4O/c1-2-20-10-7-8-12(18-9-10)14(16)19(17)13-6-4-3-5-11(13)15/h3-9,16H,2,17H2,1H3. The minimum Gasteiger partial charge on any atom is -0.492 e. The van der Waals surface area contributed by atoms with Crippen LogP contribution >= 0.6 is 11.6 Å². The van der Waals surface area contributed by atoms with Crippen LogP contribution in [-0.4, -0.2) is 17.4 Å². The molecule has 0 saturated heterocycles. The van der Waals surface area contributed by atoms with E-state index in [-0.39, 0.29) is 5.84 Å². The molecule has 0 saturated carbocycles. The van der Waals surface area contributed by atoms with E-state index in [1.165, 1.54) is 5.01 Å². The Hall–Kier alpha value is -2.11. The molecule has 1 heterocycles. The highest BCUT2D eigenvalue weighted by molar-refractivity contribution is 6.34. The summed E-state index contributed by atoms with van der Waals surface area (Å²) in [4.78, 5) is 4.16. The van der Waals surface area contributed by atoms with Crippen LogP contribution in [-0.2, 0) is 0 Å². The van der Waals surface area contributed by atoms with Crippen molar-refractivity contribution in [3.05, 3.63) is 53.3 Å². The lowest BCUT2D eigenvalue weighted by molar-refractivity contribution is 0.339. The summed E-state index contributed by atoms with van der Waals surface area (Å²) >= 11 is 6.06. The first-order valence-electron chi connectivity index (χ1n) is 6.10. The molecular weight excluding hydrogens is 276 g/mol. The molecule has 0 radical (unpaired) electrons. The van der Waals surface area contributed by atoms with Crippen LogP contribution in [0.2, 0.25) is 5.02 Å². The average molecular weight is 291 g/mol. The van der Waals surface area contributed by atoms with Gasteiger partial charge in [-0.05, 0) is 31.2 Å². The van der Waals surface area contributed by atoms with Gasteiger partial charge in [-0.25, -0.2) is 10.8 Å². The Balaban J connectivity index is 2.20. The number of pyridine rings is 1. The number of hydrogen-bond acceptors (Lipinski definition) is 4. The van der Waals surface area contributed by atoms with Crippen LogP contribution in [0.1, 0.15) is 12.6 Å². The number of hydrogen-bond donors (Lipinski definition) is 2. The van der Waals surface area contributed by atoms with Crippen molar-refractivity contribution in [3.8, 4) is 5.75 Å². The number of ether oxygens (including phenoxy) is 1. The molecule has 0 atom stereocenters. The van der Waals surface area contributed by atoms with Crippen molar-refractivity contribution in [3.63, 3.8) is 0 Å². The quantitative estimate of drug-likeness (QED) is 0.393. The second-order valence-electron chi connectivity index (χ2n) is 3.98. The van der Waals surface area contributed by atoms with Gasteiger partial charge in [0.05, 0.1) is 23.5 Å². The first-order chi connectivity index (χ1) is 9.63. The second-order valence-corrected chi connectivity index (χ2v) is 4.39. The number of nitrogens with one attached hydrogen (secondary N) is 1. The lowest BCUT2D eigenvalue weighted by atomic mass is 10.2. The smallest absolute Gasteiger partial charge is 0.166 e. The average Bonchev–Trinajstić information content (AvgIpc) is 2.47. The first-order valence-corrected chi connectivity index (χ1v) is 6.48. The molecule has 1 aromatic heterocycles. The predicted molar refractivity (Wildman–Crippen MR) is 80.4 cm³/mol. The topological polar surface area (TPSA) is 75.2 Å². The van der Waals surface area contributed by atoms with Crippen molar-refractivity contribution in [2.45, 2.75) is 6.92 Å². The van der Waals surface area contributed by atoms with Crippen molar-refractivity contribution in [1.82, 2.24) is 4.98 Å². The lowest BCUT2D eigenvalue weighted by Gasteiger charge is -2.20. The maximum Gasteiger partial charge on any atom is 0.166 e. The van der Waals surface area contributed by atoms with Crippen molar-refractivity contribution in [1.29, 1.82) is 5.41 Å². The molecule has 2 aromatic rings. The number of hydrazine groups is 1. The van der Waals surface area contributed by atoms with Gasteiger partial charge in [-0.1, -0.05) is 23.7 Å². The van der Waals surface area contributed by atoms with E-state index in [4.69, 9.17) is 27.6 Å². The third-order valence-corrected chi connectivity index (χ3v) is 2.96. The van der Waals surface area contributed by atoms with Crippen molar-refractivity contribution in [2.75, 3.05) is 11.6 Å². The lowest BCUT2D eigenvalue weighted by Crippen LogP contribution is -2.38. The van der Waals surface area contributed by atoms with Crippen LogP contribution in [0.5, 0.6) is 5.75 Å². The molecule has 6 heteroatoms. The second kappa shape index (κ2) is 6.36. The summed E-state index contributed by atoms with van der Waals surface area (Å²) in [6.07, 6.45) is 1.56. The number of rotatable bonds is 4. The Morgan fingerprint density at radius 2 is 2.10 bits per heavy atom. The molecule has 3 N–H and O–H groups in total. The Morgan fingerprint density at radius 1 is 1.35 bits per heavy atom. The summed E-state index contributed by atoms with van der Waals surface area (Å²) in [6, 6.07) is 10.5. The van der Waals surface area contributed by atoms with Gasteiger partial charge in [0, 0.05) is 0 Å². The van der Waals surface area contributed by atoms with E-state index in [1.54, 1.807) is 42.6 Å². The predicted octanol–water partition coefficient (Wildman–Crippen LogP) is 2.84. The fourth-order valence-corrected chi connectivity index (χ4v) is 1.89. The number of benzene rings is 1. The number of anilines is 1. The third-order valence-electron chi connectivity index (χ3n) is 2.64. The molecule has 0 amide bonds. The SMILES string of the molecule is CCOc1ccc(C(=N)N(N)c2ccccc2Cl)nc1. The highest BCUT2D eigenvalue weighted by atomic mass is 35.5. The first kappa shape index (κ1) is 14.3. The Morgan fingerprint density at radius 3 is 2.70 bits per heavy atom. The molecule has 1 aromatic carbocycles. The van der Waals surface area contributed by atoms with Crippen LogP contribution < -0.4 is 15.6 Å². The van der Waals surface area contributed by atoms with E-state index < -0.39 is 0 Å². The van der Waals surface area contributed by atoms with Crippen LogP contribution in [0.3, 0.4) is 0 Å². The highest BCUT2D eigenvalue weighted by Gasteiger charge is 2.14. The Labute approximate surface area is 122 Å². The maximum atomic E-state index is 8.08. The Bertz CT molecular complexity index is 600. The van der Waals surface area contributed by atoms with E-state index in [9.17, 15) is 0 Å². The zero-order chi connectivity index (χ0) is 14.5. The van der Waals surface area contributed by atoms with Gasteiger partial charge in [-0.3, -0.25) is 10.4 Å². The number of halogens is 1. The van der Waals surface area contributed by atoms with Gasteiger partial charge < -0.3 is 4.74 Å². The van der Waals surface area contributed by atoms with Crippen molar-refractivity contribution < 1.29 is 4.74 Å². The van der Waals surface area contributed by atoms with Crippen LogP contribution in [0.4, 0.5) is 5.69 Å². The molecular formula is C14H15ClN4O. The highest BCUT2D eigenvalue weighted by Crippen LogP contribution is 2.24. The molecule has 2 rings (SSSR count). The summed E-state index contributed by atoms with van der Waals surface area (Å²) in [5, 5.41) is 9.76. The fourth-order valence-electron chi connectivity index (χ4n) is 1.66. The minimum atomic E-state index is 0.0566. The summed E-state index contributed by atoms with van der Waals surface area (Å²) in [5.74, 6) is 6.64. The van der Waals surface area contributed by atoms with Crippen LogP contribution in [0, 0.1) is 5.41 Å². The van der Waals surface area contributed by atoms with Crippen LogP contribution in [0.25, 0.3) is 0 Å². The molecule has 20 heavy (non-hydrogen) atoms. The normalized spacial score (nSPS) is 10.2. The van der Waals surface area contributed by atoms with Crippen molar-refractivity contribution in [2.24, 2.45) is 5.84 Å². The largest absolute Gasteiger partial charge is 0.492 e. The van der Waals surface area contributed by atoms with E-state index >= 15 is 0 Å². The zero-order valence-electron chi connectivity index (χ0n) is 11.0. The number of aromatic nitrogens is 1. The van der Waals surface area contributed by atoms with Gasteiger partial charge in [-0.15, -0.1) is 0 Å². The minimum absolute atomic E-state index is 0.0566. The number of nitrogens with zero attached hydrogens (tertiary/aromatic N) is 2. The molecule has 0 aliphatic rings. The molecule has 104 valence electrons. The summed E-state index contributed by atoms with van der Waals surface area (Å²) < 4.78 is 5.31. The fraction of sp³-hybridized carbons (Fsp3) is 0.143. The molecule has 0 bridgehead atoms. The summed E-state index contributed by atoms with van der Waals surface area (Å²) in [6.45, 7) is 2.47. The van der Waals surface area contributed by atoms with E-state index in [2.05, 4.69) is 4.98 Å². The van der Waals surface area contributed by atoms with E-state index in [1.807, 2.05) is 6.92 Å². The molecule has 0 fully saturated rings. The summed E-state index contributed by atoms with van der Waals surface area (Å²) in [7, 11) is 0. The molecule has 0 aliphatic carbocycles. The van der Waals surface area contributed by atoms with Gasteiger partial charge in [0.2, 0.25) is 0 Å². The van der Waals surface area contributed by atoms with Gasteiger partial charge in [0.15, 0.2) is 5.84 Å². The van der Waals surface area contributed by atoms with Gasteiger partial charge in [0.25, 0.3) is 0 Å². The third kappa shape index (κ3) is 3.07. The van der Waals surface area contributed by atoms with Gasteiger partial charge >= 0.3 is 0 Å². The Kier molecular flexibility index (Phi) is 4.55. The van der Waals surface area contributed by atoms with E-state index in [0.717, 1.165) is 0 Å². The van der Waals surface area contributed by atoms with Gasteiger partial charge in [0.1, 0.15) is 11.4 Å². The monoisotopic (exact) mass is 290 g/mol. The van der Waals surface area contributed by atoms with Gasteiger partial charge in [-0.2, -0.15) is 0 Å².